The van der Waals surface area contributed by atoms with Gasteiger partial charge in [0.1, 0.15) is 5.78 Å². The number of carbonyl (C=O) groups excluding carboxylic acids is 1. The van der Waals surface area contributed by atoms with Crippen molar-refractivity contribution in [1.82, 2.24) is 0 Å². The number of aliphatic hydroxyl groups is 1. The molecular formula is C18H24O4. The molecule has 1 saturated carbocycles. The highest BCUT2D eigenvalue weighted by Gasteiger charge is 2.51. The van der Waals surface area contributed by atoms with Crippen LogP contribution >= 0.6 is 0 Å². The van der Waals surface area contributed by atoms with Crippen molar-refractivity contribution in [2.24, 2.45) is 11.3 Å². The van der Waals surface area contributed by atoms with Gasteiger partial charge in [0.25, 0.3) is 0 Å². The van der Waals surface area contributed by atoms with E-state index in [1.165, 1.54) is 0 Å². The van der Waals surface area contributed by atoms with Crippen molar-refractivity contribution < 1.29 is 19.4 Å². The van der Waals surface area contributed by atoms with Crippen molar-refractivity contribution in [2.45, 2.75) is 45.0 Å². The molecule has 120 valence electrons. The Kier molecular flexibility index (Phi) is 4.10. The molecule has 0 radical (unpaired) electrons. The summed E-state index contributed by atoms with van der Waals surface area (Å²) < 4.78 is 11.6. The zero-order valence-electron chi connectivity index (χ0n) is 13.2. The molecule has 2 fully saturated rings. The molecule has 3 rings (SSSR count). The van der Waals surface area contributed by atoms with Crippen LogP contribution in [0.25, 0.3) is 0 Å². The highest BCUT2D eigenvalue weighted by molar-refractivity contribution is 5.87. The molecule has 1 aliphatic carbocycles. The van der Waals surface area contributed by atoms with Crippen LogP contribution in [0.1, 0.15) is 44.8 Å². The van der Waals surface area contributed by atoms with Crippen LogP contribution in [-0.4, -0.2) is 29.9 Å². The summed E-state index contributed by atoms with van der Waals surface area (Å²) in [6.07, 6.45) is 0.971. The SMILES string of the molecule is CC1CC2(CCC(C)(C(O)c3ccccc3)C1=O)OCCO2. The summed E-state index contributed by atoms with van der Waals surface area (Å²) in [6.45, 7) is 4.95. The minimum absolute atomic E-state index is 0.0971. The number of aliphatic hydroxyl groups excluding tert-OH is 1. The van der Waals surface area contributed by atoms with Gasteiger partial charge in [-0.15, -0.1) is 0 Å². The zero-order chi connectivity index (χ0) is 15.8. The minimum Gasteiger partial charge on any atom is -0.387 e. The number of hydrogen-bond acceptors (Lipinski definition) is 4. The standard InChI is InChI=1S/C18H24O4/c1-13-12-18(21-10-11-22-18)9-8-17(2,15(13)19)16(20)14-6-4-3-5-7-14/h3-7,13,16,20H,8-12H2,1-2H3. The fraction of sp³-hybridized carbons (Fsp3) is 0.611. The van der Waals surface area contributed by atoms with Gasteiger partial charge >= 0.3 is 0 Å². The second-order valence-electron chi connectivity index (χ2n) is 6.81. The van der Waals surface area contributed by atoms with Crippen molar-refractivity contribution in [2.75, 3.05) is 13.2 Å². The summed E-state index contributed by atoms with van der Waals surface area (Å²) in [5.74, 6) is -0.729. The summed E-state index contributed by atoms with van der Waals surface area (Å²) in [7, 11) is 0. The third-order valence-electron chi connectivity index (χ3n) is 5.19. The van der Waals surface area contributed by atoms with E-state index in [-0.39, 0.29) is 11.7 Å². The molecule has 22 heavy (non-hydrogen) atoms. The maximum atomic E-state index is 13.0. The van der Waals surface area contributed by atoms with Crippen LogP contribution in [0.15, 0.2) is 30.3 Å². The molecule has 2 aliphatic rings. The molecule has 1 aromatic carbocycles. The molecule has 4 nitrogen and oxygen atoms in total. The molecule has 4 heteroatoms. The van der Waals surface area contributed by atoms with Gasteiger partial charge in [0.2, 0.25) is 0 Å². The Labute approximate surface area is 131 Å². The second-order valence-corrected chi connectivity index (χ2v) is 6.81. The van der Waals surface area contributed by atoms with Crippen LogP contribution in [0.3, 0.4) is 0 Å². The topological polar surface area (TPSA) is 55.8 Å². The van der Waals surface area contributed by atoms with Gasteiger partial charge in [0.15, 0.2) is 5.79 Å². The van der Waals surface area contributed by atoms with Gasteiger partial charge in [-0.25, -0.2) is 0 Å². The maximum Gasteiger partial charge on any atom is 0.169 e. The third-order valence-corrected chi connectivity index (χ3v) is 5.19. The first-order valence-corrected chi connectivity index (χ1v) is 8.02. The van der Waals surface area contributed by atoms with E-state index >= 15 is 0 Å². The first-order valence-electron chi connectivity index (χ1n) is 8.02. The molecule has 1 N–H and O–H groups in total. The van der Waals surface area contributed by atoms with E-state index in [0.717, 1.165) is 5.56 Å². The number of ketones is 1. The van der Waals surface area contributed by atoms with Crippen molar-refractivity contribution in [3.05, 3.63) is 35.9 Å². The Balaban J connectivity index is 1.90. The lowest BCUT2D eigenvalue weighted by Gasteiger charge is -2.33. The molecule has 1 heterocycles. The third kappa shape index (κ3) is 2.60. The molecule has 1 aliphatic heterocycles. The Morgan fingerprint density at radius 3 is 2.45 bits per heavy atom. The largest absolute Gasteiger partial charge is 0.387 e. The molecule has 0 aromatic heterocycles. The monoisotopic (exact) mass is 304 g/mol. The smallest absolute Gasteiger partial charge is 0.169 e. The summed E-state index contributed by atoms with van der Waals surface area (Å²) in [4.78, 5) is 13.0. The first-order chi connectivity index (χ1) is 10.5. The Hall–Kier alpha value is -1.23. The lowest BCUT2D eigenvalue weighted by molar-refractivity contribution is -0.172. The van der Waals surface area contributed by atoms with Crippen molar-refractivity contribution in [1.29, 1.82) is 0 Å². The number of hydrogen-bond donors (Lipinski definition) is 1. The number of benzene rings is 1. The summed E-state index contributed by atoms with van der Waals surface area (Å²) in [5, 5.41) is 10.8. The van der Waals surface area contributed by atoms with Crippen LogP contribution in [0, 0.1) is 11.3 Å². The average molecular weight is 304 g/mol. The number of rotatable bonds is 2. The fourth-order valence-corrected chi connectivity index (χ4v) is 3.83. The van der Waals surface area contributed by atoms with Crippen LogP contribution in [0.2, 0.25) is 0 Å². The van der Waals surface area contributed by atoms with Gasteiger partial charge in [0, 0.05) is 18.8 Å². The maximum absolute atomic E-state index is 13.0. The molecule has 1 spiro atoms. The molecule has 1 aromatic rings. The fourth-order valence-electron chi connectivity index (χ4n) is 3.83. The quantitative estimate of drug-likeness (QED) is 0.913. The van der Waals surface area contributed by atoms with E-state index in [9.17, 15) is 9.90 Å². The van der Waals surface area contributed by atoms with Gasteiger partial charge in [-0.2, -0.15) is 0 Å². The van der Waals surface area contributed by atoms with Crippen molar-refractivity contribution in [3.63, 3.8) is 0 Å². The lowest BCUT2D eigenvalue weighted by atomic mass is 9.72. The van der Waals surface area contributed by atoms with Gasteiger partial charge in [-0.05, 0) is 18.9 Å². The summed E-state index contributed by atoms with van der Waals surface area (Å²) in [5.41, 5.74) is -0.0192. The minimum atomic E-state index is -0.806. The number of carbonyl (C=O) groups is 1. The number of Topliss-reactive ketones (excluding diaryl/α,β-unsaturated/α-hetero) is 1. The molecule has 0 amide bonds. The van der Waals surface area contributed by atoms with Crippen LogP contribution in [0.4, 0.5) is 0 Å². The normalized spacial score (nSPS) is 32.9. The van der Waals surface area contributed by atoms with Gasteiger partial charge in [0.05, 0.1) is 24.7 Å². The molecular weight excluding hydrogens is 280 g/mol. The Bertz CT molecular complexity index is 535. The zero-order valence-corrected chi connectivity index (χ0v) is 13.2. The van der Waals surface area contributed by atoms with E-state index in [1.807, 2.05) is 44.2 Å². The average Bonchev–Trinajstić information content (AvgIpc) is 2.97. The Morgan fingerprint density at radius 1 is 1.18 bits per heavy atom. The first kappa shape index (κ1) is 15.7. The van der Waals surface area contributed by atoms with Crippen LogP contribution in [-0.2, 0) is 14.3 Å². The lowest BCUT2D eigenvalue weighted by Crippen LogP contribution is -2.37. The molecule has 1 saturated heterocycles. The highest BCUT2D eigenvalue weighted by Crippen LogP contribution is 2.48. The predicted octanol–water partition coefficient (Wildman–Crippen LogP) is 2.86. The van der Waals surface area contributed by atoms with Gasteiger partial charge in [-0.1, -0.05) is 37.3 Å². The van der Waals surface area contributed by atoms with Gasteiger partial charge < -0.3 is 14.6 Å². The van der Waals surface area contributed by atoms with E-state index < -0.39 is 17.3 Å². The van der Waals surface area contributed by atoms with Crippen molar-refractivity contribution in [3.8, 4) is 0 Å². The van der Waals surface area contributed by atoms with E-state index in [1.54, 1.807) is 0 Å². The van der Waals surface area contributed by atoms with Crippen LogP contribution in [0.5, 0.6) is 0 Å². The number of ether oxygens (including phenoxy) is 2. The molecule has 3 atom stereocenters. The highest BCUT2D eigenvalue weighted by atomic mass is 16.7. The van der Waals surface area contributed by atoms with E-state index in [4.69, 9.17) is 9.47 Å². The van der Waals surface area contributed by atoms with Gasteiger partial charge in [-0.3, -0.25) is 4.79 Å². The van der Waals surface area contributed by atoms with E-state index in [0.29, 0.717) is 32.5 Å². The second kappa shape index (κ2) is 5.76. The van der Waals surface area contributed by atoms with E-state index in [2.05, 4.69) is 0 Å². The summed E-state index contributed by atoms with van der Waals surface area (Å²) in [6, 6.07) is 9.42. The molecule has 0 bridgehead atoms. The Morgan fingerprint density at radius 2 is 1.82 bits per heavy atom. The van der Waals surface area contributed by atoms with Crippen molar-refractivity contribution >= 4 is 5.78 Å². The van der Waals surface area contributed by atoms with Crippen LogP contribution < -0.4 is 0 Å². The molecule has 3 unspecified atom stereocenters. The summed E-state index contributed by atoms with van der Waals surface area (Å²) >= 11 is 0. The predicted molar refractivity (Wildman–Crippen MR) is 82.2 cm³/mol.